The molecule has 0 bridgehead atoms. The molecule has 0 unspecified atom stereocenters. The summed E-state index contributed by atoms with van der Waals surface area (Å²) in [6, 6.07) is 3.13. The molecule has 5 nitrogen and oxygen atoms in total. The first-order chi connectivity index (χ1) is 10.4. The van der Waals surface area contributed by atoms with Crippen LogP contribution in [0.5, 0.6) is 5.88 Å². The number of carbonyl (C=O) groups excluding carboxylic acids is 1. The lowest BCUT2D eigenvalue weighted by Gasteiger charge is -2.31. The van der Waals surface area contributed by atoms with Crippen molar-refractivity contribution >= 4 is 18.3 Å². The van der Waals surface area contributed by atoms with E-state index in [1.165, 1.54) is 18.3 Å². The third-order valence-electron chi connectivity index (χ3n) is 3.56. The molecule has 1 amide bonds. The van der Waals surface area contributed by atoms with Crippen molar-refractivity contribution in [2.24, 2.45) is 0 Å². The topological polar surface area (TPSA) is 54.5 Å². The molecule has 1 saturated heterocycles. The second kappa shape index (κ2) is 8.35. The minimum Gasteiger partial charge on any atom is -0.468 e. The van der Waals surface area contributed by atoms with E-state index < -0.39 is 12.8 Å². The van der Waals surface area contributed by atoms with Crippen molar-refractivity contribution in [3.05, 3.63) is 23.9 Å². The number of amides is 1. The number of carbonyl (C=O) groups is 1. The van der Waals surface area contributed by atoms with Crippen molar-refractivity contribution in [2.75, 3.05) is 26.7 Å². The Morgan fingerprint density at radius 1 is 1.39 bits per heavy atom. The van der Waals surface area contributed by atoms with Gasteiger partial charge in [-0.2, -0.15) is 13.2 Å². The molecular formula is C14H19ClF3N3O2. The molecule has 1 aliphatic rings. The van der Waals surface area contributed by atoms with Crippen molar-refractivity contribution in [1.82, 2.24) is 15.2 Å². The number of hydrogen-bond acceptors (Lipinski definition) is 4. The molecule has 1 aromatic rings. The Labute approximate surface area is 138 Å². The van der Waals surface area contributed by atoms with E-state index in [4.69, 9.17) is 0 Å². The average molecular weight is 354 g/mol. The zero-order valence-corrected chi connectivity index (χ0v) is 13.4. The van der Waals surface area contributed by atoms with Crippen LogP contribution in [0.25, 0.3) is 0 Å². The van der Waals surface area contributed by atoms with E-state index in [1.54, 1.807) is 4.90 Å². The van der Waals surface area contributed by atoms with Gasteiger partial charge >= 0.3 is 6.18 Å². The molecule has 9 heteroatoms. The molecule has 2 rings (SSSR count). The number of nitrogens with zero attached hydrogens (tertiary/aromatic N) is 2. The van der Waals surface area contributed by atoms with Crippen LogP contribution in [0.15, 0.2) is 18.3 Å². The minimum atomic E-state index is -4.41. The first kappa shape index (κ1) is 19.5. The number of ether oxygens (including phenoxy) is 1. The van der Waals surface area contributed by atoms with Gasteiger partial charge in [-0.1, -0.05) is 0 Å². The molecule has 1 aromatic heterocycles. The van der Waals surface area contributed by atoms with Crippen LogP contribution in [-0.2, 0) is 0 Å². The Balaban J connectivity index is 0.00000264. The van der Waals surface area contributed by atoms with Crippen LogP contribution in [0.2, 0.25) is 0 Å². The number of piperidine rings is 1. The van der Waals surface area contributed by atoms with Gasteiger partial charge in [0.15, 0.2) is 6.61 Å². The Morgan fingerprint density at radius 3 is 2.52 bits per heavy atom. The van der Waals surface area contributed by atoms with E-state index in [1.807, 2.05) is 7.05 Å². The van der Waals surface area contributed by atoms with Gasteiger partial charge in [0, 0.05) is 31.4 Å². The normalized spacial score (nSPS) is 15.9. The highest BCUT2D eigenvalue weighted by atomic mass is 35.5. The Hall–Kier alpha value is -1.54. The fourth-order valence-corrected chi connectivity index (χ4v) is 2.30. The van der Waals surface area contributed by atoms with Crippen LogP contribution >= 0.6 is 12.4 Å². The van der Waals surface area contributed by atoms with E-state index in [9.17, 15) is 18.0 Å². The summed E-state index contributed by atoms with van der Waals surface area (Å²) in [5.74, 6) is -0.313. The van der Waals surface area contributed by atoms with Crippen LogP contribution in [0.4, 0.5) is 13.2 Å². The van der Waals surface area contributed by atoms with Gasteiger partial charge in [-0.05, 0) is 26.0 Å². The number of likely N-dealkylation sites (tertiary alicyclic amines) is 1. The van der Waals surface area contributed by atoms with Gasteiger partial charge < -0.3 is 15.0 Å². The summed E-state index contributed by atoms with van der Waals surface area (Å²) >= 11 is 0. The number of rotatable bonds is 4. The smallest absolute Gasteiger partial charge is 0.422 e. The van der Waals surface area contributed by atoms with E-state index in [0.717, 1.165) is 12.8 Å². The van der Waals surface area contributed by atoms with E-state index in [2.05, 4.69) is 15.0 Å². The first-order valence-corrected chi connectivity index (χ1v) is 7.01. The lowest BCUT2D eigenvalue weighted by molar-refractivity contribution is -0.154. The van der Waals surface area contributed by atoms with Gasteiger partial charge in [0.25, 0.3) is 5.91 Å². The predicted octanol–water partition coefficient (Wildman–Crippen LogP) is 2.27. The second-order valence-corrected chi connectivity index (χ2v) is 5.14. The number of pyridine rings is 1. The number of hydrogen-bond donors (Lipinski definition) is 1. The molecular weight excluding hydrogens is 335 g/mol. The molecule has 1 fully saturated rings. The maximum absolute atomic E-state index is 12.3. The highest BCUT2D eigenvalue weighted by Crippen LogP contribution is 2.18. The van der Waals surface area contributed by atoms with Crippen molar-refractivity contribution < 1.29 is 22.7 Å². The predicted molar refractivity (Wildman–Crippen MR) is 81.0 cm³/mol. The molecule has 0 spiro atoms. The number of halogens is 4. The van der Waals surface area contributed by atoms with E-state index >= 15 is 0 Å². The molecule has 0 aromatic carbocycles. The quantitative estimate of drug-likeness (QED) is 0.902. The van der Waals surface area contributed by atoms with Crippen molar-refractivity contribution in [1.29, 1.82) is 0 Å². The fourth-order valence-electron chi connectivity index (χ4n) is 2.30. The third kappa shape index (κ3) is 5.87. The molecule has 0 aliphatic carbocycles. The number of alkyl halides is 3. The lowest BCUT2D eigenvalue weighted by atomic mass is 10.0. The van der Waals surface area contributed by atoms with Crippen LogP contribution in [0.3, 0.4) is 0 Å². The maximum Gasteiger partial charge on any atom is 0.422 e. The summed E-state index contributed by atoms with van der Waals surface area (Å²) in [5.41, 5.74) is 0.349. The molecule has 23 heavy (non-hydrogen) atoms. The van der Waals surface area contributed by atoms with Gasteiger partial charge in [0.1, 0.15) is 0 Å². The molecule has 1 aliphatic heterocycles. The molecule has 1 N–H and O–H groups in total. The zero-order chi connectivity index (χ0) is 16.2. The van der Waals surface area contributed by atoms with Crippen LogP contribution in [0.1, 0.15) is 23.2 Å². The van der Waals surface area contributed by atoms with Crippen LogP contribution in [0, 0.1) is 0 Å². The Kier molecular flexibility index (Phi) is 7.08. The summed E-state index contributed by atoms with van der Waals surface area (Å²) in [6.45, 7) is -0.0991. The third-order valence-corrected chi connectivity index (χ3v) is 3.56. The average Bonchev–Trinajstić information content (AvgIpc) is 2.52. The fraction of sp³-hybridized carbons (Fsp3) is 0.571. The minimum absolute atomic E-state index is 0. The standard InChI is InChI=1S/C14H18F3N3O2.ClH/c1-18-11-4-6-20(7-5-11)13(21)10-2-3-12(19-8-10)22-9-14(15,16)17;/h2-3,8,11,18H,4-7,9H2,1H3;1H. The van der Waals surface area contributed by atoms with Crippen molar-refractivity contribution in [2.45, 2.75) is 25.1 Å². The molecule has 0 saturated carbocycles. The molecule has 0 radical (unpaired) electrons. The Bertz CT molecular complexity index is 503. The summed E-state index contributed by atoms with van der Waals surface area (Å²) in [7, 11) is 1.89. The number of nitrogens with one attached hydrogen (secondary N) is 1. The maximum atomic E-state index is 12.3. The summed E-state index contributed by atoms with van der Waals surface area (Å²) in [4.78, 5) is 17.7. The SMILES string of the molecule is CNC1CCN(C(=O)c2ccc(OCC(F)(F)F)nc2)CC1.Cl. The first-order valence-electron chi connectivity index (χ1n) is 7.01. The Morgan fingerprint density at radius 2 is 2.04 bits per heavy atom. The second-order valence-electron chi connectivity index (χ2n) is 5.14. The summed E-state index contributed by atoms with van der Waals surface area (Å²) in [5, 5.41) is 3.18. The highest BCUT2D eigenvalue weighted by Gasteiger charge is 2.28. The summed E-state index contributed by atoms with van der Waals surface area (Å²) in [6.07, 6.45) is -1.41. The van der Waals surface area contributed by atoms with Crippen molar-refractivity contribution in [3.8, 4) is 5.88 Å². The largest absolute Gasteiger partial charge is 0.468 e. The lowest BCUT2D eigenvalue weighted by Crippen LogP contribution is -2.43. The summed E-state index contributed by atoms with van der Waals surface area (Å²) < 4.78 is 40.6. The number of aromatic nitrogens is 1. The van der Waals surface area contributed by atoms with Gasteiger partial charge in [-0.3, -0.25) is 4.79 Å². The zero-order valence-electron chi connectivity index (χ0n) is 12.6. The van der Waals surface area contributed by atoms with Crippen molar-refractivity contribution in [3.63, 3.8) is 0 Å². The van der Waals surface area contributed by atoms with E-state index in [-0.39, 0.29) is 24.2 Å². The molecule has 2 heterocycles. The molecule has 130 valence electrons. The van der Waals surface area contributed by atoms with Gasteiger partial charge in [-0.15, -0.1) is 12.4 Å². The van der Waals surface area contributed by atoms with Crippen LogP contribution < -0.4 is 10.1 Å². The van der Waals surface area contributed by atoms with Crippen LogP contribution in [-0.4, -0.2) is 54.8 Å². The van der Waals surface area contributed by atoms with Gasteiger partial charge in [-0.25, -0.2) is 4.98 Å². The van der Waals surface area contributed by atoms with Gasteiger partial charge in [0.2, 0.25) is 5.88 Å². The van der Waals surface area contributed by atoms with Gasteiger partial charge in [0.05, 0.1) is 5.56 Å². The van der Waals surface area contributed by atoms with E-state index in [0.29, 0.717) is 24.7 Å². The molecule has 0 atom stereocenters. The monoisotopic (exact) mass is 353 g/mol. The highest BCUT2D eigenvalue weighted by molar-refractivity contribution is 5.94.